The number of nitrogens with two attached hydrogens (primary N) is 1. The number of benzene rings is 1. The molecule has 0 saturated heterocycles. The Balaban J connectivity index is 0.000000310. The highest BCUT2D eigenvalue weighted by Gasteiger charge is 2.38. The van der Waals surface area contributed by atoms with Gasteiger partial charge in [-0.2, -0.15) is 26.3 Å². The van der Waals surface area contributed by atoms with Gasteiger partial charge in [0.15, 0.2) is 21.7 Å². The van der Waals surface area contributed by atoms with Crippen molar-refractivity contribution in [1.29, 1.82) is 0 Å². The van der Waals surface area contributed by atoms with Crippen LogP contribution in [0.25, 0.3) is 0 Å². The Labute approximate surface area is 207 Å². The summed E-state index contributed by atoms with van der Waals surface area (Å²) >= 11 is 17.2. The lowest BCUT2D eigenvalue weighted by molar-refractivity contribution is -0.384. The maximum atomic E-state index is 12.6. The highest BCUT2D eigenvalue weighted by molar-refractivity contribution is 7.20. The van der Waals surface area contributed by atoms with Crippen LogP contribution < -0.4 is 11.1 Å². The van der Waals surface area contributed by atoms with Crippen LogP contribution in [0.1, 0.15) is 21.7 Å². The summed E-state index contributed by atoms with van der Waals surface area (Å²) in [6, 6.07) is 3.21. The Morgan fingerprint density at radius 3 is 1.94 bits per heavy atom. The Morgan fingerprint density at radius 2 is 1.53 bits per heavy atom. The molecule has 0 aliphatic rings. The number of nitrogen functional groups attached to an aromatic ring is 1. The number of hydrogen-bond donors (Lipinski definition) is 2. The van der Waals surface area contributed by atoms with Crippen molar-refractivity contribution in [1.82, 2.24) is 9.97 Å². The molecule has 0 bridgehead atoms. The topological polar surface area (TPSA) is 124 Å². The number of anilines is 2. The van der Waals surface area contributed by atoms with Gasteiger partial charge in [0.25, 0.3) is 11.6 Å². The first-order chi connectivity index (χ1) is 15.5. The van der Waals surface area contributed by atoms with Crippen LogP contribution in [0, 0.1) is 10.1 Å². The number of alkyl halides is 6. The average Bonchev–Trinajstić information content (AvgIpc) is 3.23. The third-order valence-corrected chi connectivity index (χ3v) is 5.92. The number of halogens is 9. The maximum Gasteiger partial charge on any atom is 0.435 e. The Hall–Kier alpha value is -2.40. The minimum atomic E-state index is -4.75. The summed E-state index contributed by atoms with van der Waals surface area (Å²) in [6.07, 6.45) is -9.26. The van der Waals surface area contributed by atoms with E-state index in [0.29, 0.717) is 22.7 Å². The zero-order valence-corrected chi connectivity index (χ0v) is 19.5. The van der Waals surface area contributed by atoms with E-state index in [1.165, 1.54) is 6.07 Å². The minimum Gasteiger partial charge on any atom is -0.375 e. The van der Waals surface area contributed by atoms with Crippen molar-refractivity contribution in [2.75, 3.05) is 11.1 Å². The standard InChI is InChI=1S/C11H4Cl2F3N3O3S.C4H2ClF3N2S/c12-5-2-1-4(3-6(5)19(21)22)9(20)18-10-17-7(8(13)23-10)11(14,15)16;5-2-1(4(6,7)8)10-3(9)11-2/h1-3H,(H,17,18,20);(H2,9,10). The van der Waals surface area contributed by atoms with E-state index in [9.17, 15) is 41.3 Å². The lowest BCUT2D eigenvalue weighted by Gasteiger charge is -2.03. The van der Waals surface area contributed by atoms with Gasteiger partial charge in [-0.15, -0.1) is 0 Å². The molecule has 0 unspecified atom stereocenters. The van der Waals surface area contributed by atoms with Gasteiger partial charge in [-0.05, 0) is 12.1 Å². The summed E-state index contributed by atoms with van der Waals surface area (Å²) in [5.74, 6) is -0.885. The van der Waals surface area contributed by atoms with E-state index in [1.54, 1.807) is 0 Å². The fraction of sp³-hybridized carbons (Fsp3) is 0.133. The summed E-state index contributed by atoms with van der Waals surface area (Å²) in [6.45, 7) is 0. The quantitative estimate of drug-likeness (QED) is 0.192. The van der Waals surface area contributed by atoms with Crippen molar-refractivity contribution in [2.45, 2.75) is 12.4 Å². The van der Waals surface area contributed by atoms with E-state index in [-0.39, 0.29) is 20.8 Å². The molecule has 2 heterocycles. The van der Waals surface area contributed by atoms with Gasteiger partial charge in [0.2, 0.25) is 0 Å². The van der Waals surface area contributed by atoms with Crippen LogP contribution in [0.4, 0.5) is 42.3 Å². The number of nitrogens with zero attached hydrogens (tertiary/aromatic N) is 3. The van der Waals surface area contributed by atoms with Crippen molar-refractivity contribution in [2.24, 2.45) is 0 Å². The third kappa shape index (κ3) is 7.05. The predicted molar refractivity (Wildman–Crippen MR) is 115 cm³/mol. The van der Waals surface area contributed by atoms with E-state index in [2.05, 4.69) is 15.3 Å². The number of carbonyl (C=O) groups is 1. The van der Waals surface area contributed by atoms with Gasteiger partial charge in [-0.25, -0.2) is 9.97 Å². The number of amides is 1. The molecule has 0 fully saturated rings. The van der Waals surface area contributed by atoms with E-state index >= 15 is 0 Å². The Bertz CT molecular complexity index is 1230. The summed E-state index contributed by atoms with van der Waals surface area (Å²) in [5, 5.41) is 12.1. The number of hydrogen-bond acceptors (Lipinski definition) is 8. The van der Waals surface area contributed by atoms with Crippen LogP contribution in [-0.4, -0.2) is 20.8 Å². The fourth-order valence-corrected chi connectivity index (χ4v) is 4.21. The molecule has 2 aromatic heterocycles. The number of nitro groups is 1. The molecule has 0 atom stereocenters. The van der Waals surface area contributed by atoms with Gasteiger partial charge in [0.1, 0.15) is 13.7 Å². The zero-order valence-electron chi connectivity index (χ0n) is 15.6. The van der Waals surface area contributed by atoms with Crippen molar-refractivity contribution in [3.63, 3.8) is 0 Å². The Kier molecular flexibility index (Phi) is 8.57. The van der Waals surface area contributed by atoms with Gasteiger partial charge >= 0.3 is 12.4 Å². The van der Waals surface area contributed by atoms with Crippen LogP contribution in [0.5, 0.6) is 0 Å². The van der Waals surface area contributed by atoms with Gasteiger partial charge in [0, 0.05) is 11.6 Å². The molecule has 3 N–H and O–H groups in total. The first-order valence-electron chi connectivity index (χ1n) is 7.98. The number of rotatable bonds is 3. The lowest BCUT2D eigenvalue weighted by atomic mass is 10.2. The molecule has 0 radical (unpaired) electrons. The molecule has 0 aliphatic carbocycles. The normalized spacial score (nSPS) is 11.6. The second-order valence-electron chi connectivity index (χ2n) is 5.69. The molecule has 3 rings (SSSR count). The molecule has 0 saturated carbocycles. The number of nitro benzene ring substituents is 1. The zero-order chi connectivity index (χ0) is 26.0. The first-order valence-corrected chi connectivity index (χ1v) is 10.7. The van der Waals surface area contributed by atoms with Gasteiger partial charge < -0.3 is 5.73 Å². The highest BCUT2D eigenvalue weighted by atomic mass is 35.5. The largest absolute Gasteiger partial charge is 0.435 e. The average molecular weight is 589 g/mol. The number of aromatic nitrogens is 2. The van der Waals surface area contributed by atoms with E-state index < -0.39 is 48.9 Å². The van der Waals surface area contributed by atoms with Crippen molar-refractivity contribution in [3.05, 3.63) is 59.0 Å². The molecule has 184 valence electrons. The van der Waals surface area contributed by atoms with Crippen molar-refractivity contribution >= 4 is 79.3 Å². The lowest BCUT2D eigenvalue weighted by Crippen LogP contribution is -2.13. The van der Waals surface area contributed by atoms with E-state index in [1.807, 2.05) is 0 Å². The van der Waals surface area contributed by atoms with Crippen molar-refractivity contribution in [3.8, 4) is 0 Å². The van der Waals surface area contributed by atoms with Gasteiger partial charge in [-0.3, -0.25) is 20.2 Å². The third-order valence-electron chi connectivity index (χ3n) is 3.35. The van der Waals surface area contributed by atoms with Crippen LogP contribution in [0.3, 0.4) is 0 Å². The van der Waals surface area contributed by atoms with Gasteiger partial charge in [-0.1, -0.05) is 57.5 Å². The fourth-order valence-electron chi connectivity index (χ4n) is 1.98. The SMILES string of the molecule is Nc1nc(C(F)(F)F)c(Cl)s1.O=C(Nc1nc(C(F)(F)F)c(Cl)s1)c1ccc(Cl)c([N+](=O)[O-])c1. The number of thiazole rings is 2. The minimum absolute atomic E-state index is 0.166. The van der Waals surface area contributed by atoms with Crippen LogP contribution >= 0.6 is 57.5 Å². The second-order valence-corrected chi connectivity index (χ2v) is 9.33. The summed E-state index contributed by atoms with van der Waals surface area (Å²) in [4.78, 5) is 28.1. The smallest absolute Gasteiger partial charge is 0.375 e. The molecular weight excluding hydrogens is 583 g/mol. The molecule has 0 aliphatic heterocycles. The summed E-state index contributed by atoms with van der Waals surface area (Å²) in [5.41, 5.74) is 1.90. The van der Waals surface area contributed by atoms with Crippen LogP contribution in [0.2, 0.25) is 13.7 Å². The first kappa shape index (κ1) is 27.8. The second kappa shape index (κ2) is 10.5. The molecule has 1 amide bonds. The molecule has 1 aromatic carbocycles. The van der Waals surface area contributed by atoms with Crippen LogP contribution in [-0.2, 0) is 12.4 Å². The maximum absolute atomic E-state index is 12.6. The molecule has 3 aromatic rings. The number of nitrogens with one attached hydrogen (secondary N) is 1. The summed E-state index contributed by atoms with van der Waals surface area (Å²) in [7, 11) is 0. The van der Waals surface area contributed by atoms with E-state index in [4.69, 9.17) is 40.5 Å². The predicted octanol–water partition coefficient (Wildman–Crippen LogP) is 7.03. The monoisotopic (exact) mass is 587 g/mol. The summed E-state index contributed by atoms with van der Waals surface area (Å²) < 4.78 is 72.2. The number of carbonyl (C=O) groups excluding carboxylic acids is 1. The molecule has 19 heteroatoms. The molecule has 34 heavy (non-hydrogen) atoms. The molecule has 8 nitrogen and oxygen atoms in total. The van der Waals surface area contributed by atoms with Gasteiger partial charge in [0.05, 0.1) is 4.92 Å². The van der Waals surface area contributed by atoms with Crippen molar-refractivity contribution < 1.29 is 36.1 Å². The Morgan fingerprint density at radius 1 is 1.00 bits per heavy atom. The molecule has 0 spiro atoms. The van der Waals surface area contributed by atoms with Crippen LogP contribution in [0.15, 0.2) is 18.2 Å². The van der Waals surface area contributed by atoms with E-state index in [0.717, 1.165) is 12.1 Å². The molecular formula is C15H6Cl3F6N5O3S2. The highest BCUT2D eigenvalue weighted by Crippen LogP contribution is 2.39.